The van der Waals surface area contributed by atoms with Crippen LogP contribution in [0.25, 0.3) is 10.6 Å². The van der Waals surface area contributed by atoms with E-state index in [0.717, 1.165) is 14.9 Å². The zero-order chi connectivity index (χ0) is 9.26. The molecule has 0 aliphatic rings. The van der Waals surface area contributed by atoms with Crippen molar-refractivity contribution >= 4 is 35.2 Å². The van der Waals surface area contributed by atoms with Crippen LogP contribution in [0.3, 0.4) is 0 Å². The normalized spacial score (nSPS) is 10.2. The molecule has 0 amide bonds. The third kappa shape index (κ3) is 1.80. The van der Waals surface area contributed by atoms with Crippen molar-refractivity contribution < 1.29 is 0 Å². The third-order valence-corrected chi connectivity index (χ3v) is 3.06. The van der Waals surface area contributed by atoms with E-state index < -0.39 is 0 Å². The Morgan fingerprint density at radius 2 is 2.31 bits per heavy atom. The molecule has 1 N–H and O–H groups in total. The average Bonchev–Trinajstić information content (AvgIpc) is 2.53. The Balaban J connectivity index is 2.59. The number of aromatic nitrogens is 2. The topological polar surface area (TPSA) is 28.7 Å². The van der Waals surface area contributed by atoms with Crippen molar-refractivity contribution in [3.05, 3.63) is 33.5 Å². The largest absolute Gasteiger partial charge is 0.350 e. The zero-order valence-corrected chi connectivity index (χ0v) is 8.84. The molecule has 0 fully saturated rings. The van der Waals surface area contributed by atoms with Crippen molar-refractivity contribution in [2.24, 2.45) is 0 Å². The van der Waals surface area contributed by atoms with E-state index >= 15 is 0 Å². The predicted octanol–water partition coefficient (Wildman–Crippen LogP) is 3.52. The molecule has 2 heterocycles. The lowest BCUT2D eigenvalue weighted by molar-refractivity contribution is 1.19. The zero-order valence-electron chi connectivity index (χ0n) is 6.45. The Labute approximate surface area is 89.2 Å². The molecule has 0 aliphatic carbocycles. The molecule has 66 valence electrons. The van der Waals surface area contributed by atoms with Gasteiger partial charge in [-0.15, -0.1) is 11.3 Å². The van der Waals surface area contributed by atoms with Gasteiger partial charge in [0.25, 0.3) is 0 Å². The first kappa shape index (κ1) is 8.87. The first-order valence-electron chi connectivity index (χ1n) is 3.57. The minimum absolute atomic E-state index is 0.640. The van der Waals surface area contributed by atoms with Crippen LogP contribution in [0.15, 0.2) is 24.5 Å². The van der Waals surface area contributed by atoms with Gasteiger partial charge in [-0.05, 0) is 12.1 Å². The lowest BCUT2D eigenvalue weighted by atomic mass is 10.4. The molecule has 0 saturated heterocycles. The summed E-state index contributed by atoms with van der Waals surface area (Å²) >= 11 is 12.4. The lowest BCUT2D eigenvalue weighted by Gasteiger charge is -1.94. The molecule has 0 aromatic carbocycles. The van der Waals surface area contributed by atoms with E-state index in [0.29, 0.717) is 4.64 Å². The van der Waals surface area contributed by atoms with Crippen LogP contribution >= 0.6 is 35.2 Å². The number of thiophene rings is 1. The summed E-state index contributed by atoms with van der Waals surface area (Å²) in [7, 11) is 0. The minimum Gasteiger partial charge on any atom is -0.350 e. The van der Waals surface area contributed by atoms with Gasteiger partial charge in [0.15, 0.2) is 0 Å². The van der Waals surface area contributed by atoms with Crippen LogP contribution in [0.5, 0.6) is 0 Å². The van der Waals surface area contributed by atoms with E-state index in [-0.39, 0.29) is 0 Å². The van der Waals surface area contributed by atoms with E-state index in [1.54, 1.807) is 12.4 Å². The summed E-state index contributed by atoms with van der Waals surface area (Å²) in [6, 6.07) is 3.75. The third-order valence-electron chi connectivity index (χ3n) is 1.51. The number of H-pyrrole nitrogens is 1. The molecule has 2 rings (SSSR count). The van der Waals surface area contributed by atoms with Crippen LogP contribution in [-0.4, -0.2) is 9.97 Å². The SMILES string of the molecule is S=c1[nH]ccnc1-c1ccc(Cl)s1. The Morgan fingerprint density at radius 1 is 1.46 bits per heavy atom. The van der Waals surface area contributed by atoms with Gasteiger partial charge in [0.1, 0.15) is 10.3 Å². The first-order valence-corrected chi connectivity index (χ1v) is 5.17. The maximum absolute atomic E-state index is 5.81. The van der Waals surface area contributed by atoms with Crippen LogP contribution in [0.1, 0.15) is 0 Å². The van der Waals surface area contributed by atoms with E-state index in [1.165, 1.54) is 11.3 Å². The Hall–Kier alpha value is -0.710. The highest BCUT2D eigenvalue weighted by Crippen LogP contribution is 2.29. The second kappa shape index (κ2) is 3.57. The summed E-state index contributed by atoms with van der Waals surface area (Å²) in [6.07, 6.45) is 3.39. The van der Waals surface area contributed by atoms with Crippen molar-refractivity contribution in [1.29, 1.82) is 0 Å². The number of nitrogens with one attached hydrogen (secondary N) is 1. The van der Waals surface area contributed by atoms with Gasteiger partial charge in [0, 0.05) is 12.4 Å². The van der Waals surface area contributed by atoms with Crippen molar-refractivity contribution in [2.45, 2.75) is 0 Å². The second-order valence-electron chi connectivity index (χ2n) is 2.37. The number of rotatable bonds is 1. The van der Waals surface area contributed by atoms with E-state index in [9.17, 15) is 0 Å². The van der Waals surface area contributed by atoms with Crippen molar-refractivity contribution in [2.75, 3.05) is 0 Å². The van der Waals surface area contributed by atoms with Crippen molar-refractivity contribution in [1.82, 2.24) is 9.97 Å². The molecular weight excluding hydrogens is 224 g/mol. The molecule has 0 atom stereocenters. The van der Waals surface area contributed by atoms with Crippen LogP contribution in [-0.2, 0) is 0 Å². The minimum atomic E-state index is 0.640. The van der Waals surface area contributed by atoms with Crippen LogP contribution in [0, 0.1) is 4.64 Å². The van der Waals surface area contributed by atoms with Gasteiger partial charge in [-0.25, -0.2) is 0 Å². The fraction of sp³-hybridized carbons (Fsp3) is 0. The number of hydrogen-bond donors (Lipinski definition) is 1. The molecule has 0 radical (unpaired) electrons. The molecule has 0 bridgehead atoms. The van der Waals surface area contributed by atoms with Gasteiger partial charge in [0.2, 0.25) is 0 Å². The van der Waals surface area contributed by atoms with Gasteiger partial charge in [0.05, 0.1) is 9.21 Å². The predicted molar refractivity (Wildman–Crippen MR) is 57.7 cm³/mol. The van der Waals surface area contributed by atoms with E-state index in [2.05, 4.69) is 9.97 Å². The van der Waals surface area contributed by atoms with Gasteiger partial charge in [-0.3, -0.25) is 4.98 Å². The lowest BCUT2D eigenvalue weighted by Crippen LogP contribution is -1.82. The average molecular weight is 229 g/mol. The molecule has 13 heavy (non-hydrogen) atoms. The molecular formula is C8H5ClN2S2. The van der Waals surface area contributed by atoms with Gasteiger partial charge < -0.3 is 4.98 Å². The molecule has 0 saturated carbocycles. The Morgan fingerprint density at radius 3 is 2.92 bits per heavy atom. The summed E-state index contributed by atoms with van der Waals surface area (Å²) in [5.41, 5.74) is 0.786. The molecule has 5 heteroatoms. The number of hydrogen-bond acceptors (Lipinski definition) is 3. The highest BCUT2D eigenvalue weighted by atomic mass is 35.5. The number of aromatic amines is 1. The summed E-state index contributed by atoms with van der Waals surface area (Å²) in [6.45, 7) is 0. The van der Waals surface area contributed by atoms with Crippen molar-refractivity contribution in [3.8, 4) is 10.6 Å². The Kier molecular flexibility index (Phi) is 2.44. The maximum Gasteiger partial charge on any atom is 0.130 e. The first-order chi connectivity index (χ1) is 6.27. The van der Waals surface area contributed by atoms with Gasteiger partial charge in [-0.2, -0.15) is 0 Å². The molecule has 2 aromatic rings. The standard InChI is InChI=1S/C8H5ClN2S2/c9-6-2-1-5(13-6)7-8(12)11-4-3-10-7/h1-4H,(H,11,12). The summed E-state index contributed by atoms with van der Waals surface area (Å²) < 4.78 is 1.39. The fourth-order valence-electron chi connectivity index (χ4n) is 0.969. The summed E-state index contributed by atoms with van der Waals surface area (Å²) in [5, 5.41) is 0. The van der Waals surface area contributed by atoms with Crippen LogP contribution < -0.4 is 0 Å². The molecule has 2 aromatic heterocycles. The number of halogens is 1. The van der Waals surface area contributed by atoms with E-state index in [1.807, 2.05) is 12.1 Å². The monoisotopic (exact) mass is 228 g/mol. The van der Waals surface area contributed by atoms with Crippen LogP contribution in [0.2, 0.25) is 4.34 Å². The van der Waals surface area contributed by atoms with E-state index in [4.69, 9.17) is 23.8 Å². The van der Waals surface area contributed by atoms with Gasteiger partial charge in [-0.1, -0.05) is 23.8 Å². The quantitative estimate of drug-likeness (QED) is 0.757. The molecule has 0 unspecified atom stereocenters. The van der Waals surface area contributed by atoms with Crippen molar-refractivity contribution in [3.63, 3.8) is 0 Å². The molecule has 0 spiro atoms. The Bertz CT molecular complexity index is 475. The maximum atomic E-state index is 5.81. The number of nitrogens with zero attached hydrogens (tertiary/aromatic N) is 1. The molecule has 2 nitrogen and oxygen atoms in total. The fourth-order valence-corrected chi connectivity index (χ4v) is 2.31. The smallest absolute Gasteiger partial charge is 0.130 e. The second-order valence-corrected chi connectivity index (χ2v) is 4.49. The highest BCUT2D eigenvalue weighted by Gasteiger charge is 2.03. The van der Waals surface area contributed by atoms with Crippen LogP contribution in [0.4, 0.5) is 0 Å². The highest BCUT2D eigenvalue weighted by molar-refractivity contribution is 7.71. The molecule has 0 aliphatic heterocycles. The van der Waals surface area contributed by atoms with Gasteiger partial charge >= 0.3 is 0 Å². The summed E-state index contributed by atoms with van der Waals surface area (Å²) in [4.78, 5) is 8.09. The summed E-state index contributed by atoms with van der Waals surface area (Å²) in [5.74, 6) is 0.